The summed E-state index contributed by atoms with van der Waals surface area (Å²) in [4.78, 5) is 5.37. The highest BCUT2D eigenvalue weighted by molar-refractivity contribution is 4.87. The molecule has 0 aromatic rings. The van der Waals surface area contributed by atoms with E-state index < -0.39 is 0 Å². The number of hydrogen-bond donors (Lipinski definition) is 0. The topological polar surface area (TPSA) is 15.7 Å². The molecule has 3 rings (SSSR count). The number of fused-ring (bicyclic) bond motifs is 1. The van der Waals surface area contributed by atoms with Crippen LogP contribution in [-0.4, -0.2) is 61.8 Å². The van der Waals surface area contributed by atoms with Crippen molar-refractivity contribution in [2.45, 2.75) is 31.7 Å². The summed E-state index contributed by atoms with van der Waals surface area (Å²) >= 11 is 0. The first kappa shape index (κ1) is 11.0. The first-order valence-electron chi connectivity index (χ1n) is 6.96. The van der Waals surface area contributed by atoms with Gasteiger partial charge in [0.05, 0.1) is 0 Å². The van der Waals surface area contributed by atoms with Gasteiger partial charge in [-0.15, -0.1) is 0 Å². The SMILES string of the molecule is C1CC2CN(CCC3CCOC3)CCN2C1. The first-order valence-corrected chi connectivity index (χ1v) is 6.96. The van der Waals surface area contributed by atoms with Crippen LogP contribution >= 0.6 is 0 Å². The molecule has 0 saturated carbocycles. The summed E-state index contributed by atoms with van der Waals surface area (Å²) in [6, 6.07) is 0.883. The van der Waals surface area contributed by atoms with Crippen molar-refractivity contribution in [3.8, 4) is 0 Å². The van der Waals surface area contributed by atoms with Crippen LogP contribution in [0.1, 0.15) is 25.7 Å². The Kier molecular flexibility index (Phi) is 3.46. The molecule has 3 aliphatic heterocycles. The Bertz CT molecular complexity index is 228. The van der Waals surface area contributed by atoms with E-state index in [-0.39, 0.29) is 0 Å². The summed E-state index contributed by atoms with van der Waals surface area (Å²) in [6.45, 7) is 8.61. The van der Waals surface area contributed by atoms with E-state index in [1.165, 1.54) is 58.4 Å². The van der Waals surface area contributed by atoms with Crippen molar-refractivity contribution in [1.29, 1.82) is 0 Å². The molecule has 0 radical (unpaired) electrons. The van der Waals surface area contributed by atoms with Gasteiger partial charge in [0.2, 0.25) is 0 Å². The number of piperazine rings is 1. The normalized spacial score (nSPS) is 36.8. The zero-order valence-corrected chi connectivity index (χ0v) is 10.2. The molecule has 0 aromatic carbocycles. The summed E-state index contributed by atoms with van der Waals surface area (Å²) in [7, 11) is 0. The molecule has 0 spiro atoms. The molecule has 3 aliphatic rings. The fourth-order valence-electron chi connectivity index (χ4n) is 3.43. The van der Waals surface area contributed by atoms with Crippen LogP contribution in [0.3, 0.4) is 0 Å². The van der Waals surface area contributed by atoms with Gasteiger partial charge in [0.1, 0.15) is 0 Å². The Morgan fingerprint density at radius 1 is 1.12 bits per heavy atom. The molecule has 0 N–H and O–H groups in total. The van der Waals surface area contributed by atoms with Crippen molar-refractivity contribution < 1.29 is 4.74 Å². The molecule has 3 fully saturated rings. The van der Waals surface area contributed by atoms with Gasteiger partial charge in [-0.25, -0.2) is 0 Å². The quantitative estimate of drug-likeness (QED) is 0.716. The lowest BCUT2D eigenvalue weighted by Crippen LogP contribution is -2.50. The molecule has 3 nitrogen and oxygen atoms in total. The lowest BCUT2D eigenvalue weighted by Gasteiger charge is -2.37. The van der Waals surface area contributed by atoms with Crippen LogP contribution in [0.2, 0.25) is 0 Å². The molecule has 16 heavy (non-hydrogen) atoms. The number of nitrogens with zero attached hydrogens (tertiary/aromatic N) is 2. The van der Waals surface area contributed by atoms with E-state index in [2.05, 4.69) is 9.80 Å². The van der Waals surface area contributed by atoms with E-state index in [1.807, 2.05) is 0 Å². The van der Waals surface area contributed by atoms with Crippen LogP contribution in [0.4, 0.5) is 0 Å². The van der Waals surface area contributed by atoms with Gasteiger partial charge in [0.25, 0.3) is 0 Å². The van der Waals surface area contributed by atoms with Crippen LogP contribution in [0.5, 0.6) is 0 Å². The molecule has 0 bridgehead atoms. The van der Waals surface area contributed by atoms with Crippen LogP contribution in [-0.2, 0) is 4.74 Å². The van der Waals surface area contributed by atoms with E-state index in [0.29, 0.717) is 0 Å². The third-order valence-corrected chi connectivity index (χ3v) is 4.55. The third-order valence-electron chi connectivity index (χ3n) is 4.55. The van der Waals surface area contributed by atoms with Gasteiger partial charge in [-0.3, -0.25) is 4.90 Å². The summed E-state index contributed by atoms with van der Waals surface area (Å²) in [6.07, 6.45) is 5.51. The molecule has 2 atom stereocenters. The highest BCUT2D eigenvalue weighted by Crippen LogP contribution is 2.23. The summed E-state index contributed by atoms with van der Waals surface area (Å²) in [5.41, 5.74) is 0. The van der Waals surface area contributed by atoms with E-state index in [1.54, 1.807) is 0 Å². The highest BCUT2D eigenvalue weighted by atomic mass is 16.5. The van der Waals surface area contributed by atoms with Crippen molar-refractivity contribution in [2.75, 3.05) is 45.9 Å². The molecule has 92 valence electrons. The predicted molar refractivity (Wildman–Crippen MR) is 64.6 cm³/mol. The molecule has 3 heteroatoms. The second-order valence-electron chi connectivity index (χ2n) is 5.65. The molecule has 0 amide bonds. The van der Waals surface area contributed by atoms with E-state index in [4.69, 9.17) is 4.74 Å². The monoisotopic (exact) mass is 224 g/mol. The van der Waals surface area contributed by atoms with E-state index >= 15 is 0 Å². The molecular weight excluding hydrogens is 200 g/mol. The Labute approximate surface area is 98.7 Å². The Hall–Kier alpha value is -0.120. The largest absolute Gasteiger partial charge is 0.381 e. The standard InChI is InChI=1S/C13H24N2O/c1-2-13-10-14(7-8-15(13)5-1)6-3-12-4-9-16-11-12/h12-13H,1-11H2. The number of ether oxygens (including phenoxy) is 1. The summed E-state index contributed by atoms with van der Waals surface area (Å²) in [5.74, 6) is 0.849. The lowest BCUT2D eigenvalue weighted by molar-refractivity contribution is 0.0981. The molecule has 0 aromatic heterocycles. The molecule has 3 saturated heterocycles. The lowest BCUT2D eigenvalue weighted by atomic mass is 10.0. The van der Waals surface area contributed by atoms with Gasteiger partial charge >= 0.3 is 0 Å². The van der Waals surface area contributed by atoms with Crippen LogP contribution < -0.4 is 0 Å². The van der Waals surface area contributed by atoms with Gasteiger partial charge in [0, 0.05) is 38.9 Å². The van der Waals surface area contributed by atoms with Crippen molar-refractivity contribution in [3.63, 3.8) is 0 Å². The molecule has 2 unspecified atom stereocenters. The van der Waals surface area contributed by atoms with Gasteiger partial charge in [-0.05, 0) is 44.7 Å². The molecule has 3 heterocycles. The van der Waals surface area contributed by atoms with Gasteiger partial charge in [0.15, 0.2) is 0 Å². The van der Waals surface area contributed by atoms with Crippen molar-refractivity contribution in [3.05, 3.63) is 0 Å². The minimum Gasteiger partial charge on any atom is -0.381 e. The summed E-state index contributed by atoms with van der Waals surface area (Å²) in [5, 5.41) is 0. The minimum absolute atomic E-state index is 0.849. The average molecular weight is 224 g/mol. The van der Waals surface area contributed by atoms with Gasteiger partial charge < -0.3 is 9.64 Å². The first-order chi connectivity index (χ1) is 7.92. The van der Waals surface area contributed by atoms with Crippen molar-refractivity contribution >= 4 is 0 Å². The van der Waals surface area contributed by atoms with Gasteiger partial charge in [-0.2, -0.15) is 0 Å². The Morgan fingerprint density at radius 2 is 2.12 bits per heavy atom. The fourth-order valence-corrected chi connectivity index (χ4v) is 3.43. The van der Waals surface area contributed by atoms with Crippen LogP contribution in [0.25, 0.3) is 0 Å². The number of rotatable bonds is 3. The zero-order chi connectivity index (χ0) is 10.8. The van der Waals surface area contributed by atoms with Crippen LogP contribution in [0.15, 0.2) is 0 Å². The maximum atomic E-state index is 5.44. The Balaban J connectivity index is 1.42. The Morgan fingerprint density at radius 3 is 3.00 bits per heavy atom. The maximum Gasteiger partial charge on any atom is 0.0495 e. The van der Waals surface area contributed by atoms with E-state index in [9.17, 15) is 0 Å². The second-order valence-corrected chi connectivity index (χ2v) is 5.65. The van der Waals surface area contributed by atoms with Crippen molar-refractivity contribution in [2.24, 2.45) is 5.92 Å². The third kappa shape index (κ3) is 2.41. The molecular formula is C13H24N2O. The average Bonchev–Trinajstić information content (AvgIpc) is 2.97. The molecule has 0 aliphatic carbocycles. The zero-order valence-electron chi connectivity index (χ0n) is 10.2. The smallest absolute Gasteiger partial charge is 0.0495 e. The number of hydrogen-bond acceptors (Lipinski definition) is 3. The maximum absolute atomic E-state index is 5.44. The van der Waals surface area contributed by atoms with Gasteiger partial charge in [-0.1, -0.05) is 0 Å². The van der Waals surface area contributed by atoms with Crippen LogP contribution in [0, 0.1) is 5.92 Å². The van der Waals surface area contributed by atoms with Crippen molar-refractivity contribution in [1.82, 2.24) is 9.80 Å². The van der Waals surface area contributed by atoms with E-state index in [0.717, 1.165) is 25.2 Å². The summed E-state index contributed by atoms with van der Waals surface area (Å²) < 4.78 is 5.44. The second kappa shape index (κ2) is 5.03. The predicted octanol–water partition coefficient (Wildman–Crippen LogP) is 1.19. The fraction of sp³-hybridized carbons (Fsp3) is 1.00. The minimum atomic E-state index is 0.849. The highest BCUT2D eigenvalue weighted by Gasteiger charge is 2.30.